The SMILES string of the molecule is COC(=O)C1=C(C(=O)OC)N(c2ccccc2CO)C(N)=C(C#N)C1c1ccccc1. The number of nitrogens with two attached hydrogens (primary N) is 1. The van der Waals surface area contributed by atoms with Gasteiger partial charge in [0.15, 0.2) is 0 Å². The zero-order valence-electron chi connectivity index (χ0n) is 17.0. The molecule has 1 aliphatic heterocycles. The Balaban J connectivity index is 2.44. The van der Waals surface area contributed by atoms with E-state index in [-0.39, 0.29) is 29.3 Å². The van der Waals surface area contributed by atoms with Crippen LogP contribution in [0, 0.1) is 11.3 Å². The maximum absolute atomic E-state index is 12.9. The van der Waals surface area contributed by atoms with Crippen LogP contribution in [-0.2, 0) is 25.7 Å². The fraction of sp³-hybridized carbons (Fsp3) is 0.174. The van der Waals surface area contributed by atoms with E-state index in [1.165, 1.54) is 19.1 Å². The number of ether oxygens (including phenoxy) is 2. The molecule has 0 aromatic heterocycles. The molecule has 0 saturated heterocycles. The van der Waals surface area contributed by atoms with Crippen molar-refractivity contribution in [2.24, 2.45) is 5.73 Å². The van der Waals surface area contributed by atoms with Crippen LogP contribution >= 0.6 is 0 Å². The maximum Gasteiger partial charge on any atom is 0.355 e. The fourth-order valence-electron chi connectivity index (χ4n) is 3.63. The van der Waals surface area contributed by atoms with E-state index in [0.717, 1.165) is 0 Å². The normalized spacial score (nSPS) is 16.1. The van der Waals surface area contributed by atoms with Crippen LogP contribution in [0.15, 0.2) is 77.3 Å². The number of nitrogens with zero attached hydrogens (tertiary/aromatic N) is 2. The van der Waals surface area contributed by atoms with Crippen LogP contribution in [0.2, 0.25) is 0 Å². The summed E-state index contributed by atoms with van der Waals surface area (Å²) in [5.41, 5.74) is 7.56. The lowest BCUT2D eigenvalue weighted by atomic mass is 9.80. The van der Waals surface area contributed by atoms with Crippen molar-refractivity contribution in [2.75, 3.05) is 19.1 Å². The van der Waals surface area contributed by atoms with Crippen molar-refractivity contribution in [2.45, 2.75) is 12.5 Å². The van der Waals surface area contributed by atoms with Gasteiger partial charge in [0.1, 0.15) is 11.5 Å². The summed E-state index contributed by atoms with van der Waals surface area (Å²) >= 11 is 0. The van der Waals surface area contributed by atoms with Gasteiger partial charge in [-0.05, 0) is 11.6 Å². The summed E-state index contributed by atoms with van der Waals surface area (Å²) < 4.78 is 9.95. The molecule has 1 atom stereocenters. The lowest BCUT2D eigenvalue weighted by molar-refractivity contribution is -0.139. The van der Waals surface area contributed by atoms with Gasteiger partial charge in [0.05, 0.1) is 49.6 Å². The quantitative estimate of drug-likeness (QED) is 0.706. The lowest BCUT2D eigenvalue weighted by Crippen LogP contribution is -2.41. The van der Waals surface area contributed by atoms with Crippen LogP contribution in [0.4, 0.5) is 5.69 Å². The smallest absolute Gasteiger partial charge is 0.355 e. The van der Waals surface area contributed by atoms with E-state index in [1.54, 1.807) is 54.6 Å². The molecule has 1 aliphatic rings. The number of benzene rings is 2. The number of carbonyl (C=O) groups excluding carboxylic acids is 2. The Kier molecular flexibility index (Phi) is 6.38. The molecular weight excluding hydrogens is 398 g/mol. The molecule has 0 fully saturated rings. The predicted octanol–water partition coefficient (Wildman–Crippen LogP) is 2.08. The van der Waals surface area contributed by atoms with Gasteiger partial charge in [0.2, 0.25) is 0 Å². The van der Waals surface area contributed by atoms with Crippen molar-refractivity contribution in [1.29, 1.82) is 5.26 Å². The van der Waals surface area contributed by atoms with Gasteiger partial charge in [-0.25, -0.2) is 9.59 Å². The molecule has 0 radical (unpaired) electrons. The van der Waals surface area contributed by atoms with Crippen molar-refractivity contribution in [3.63, 3.8) is 0 Å². The number of rotatable bonds is 5. The van der Waals surface area contributed by atoms with E-state index in [1.807, 2.05) is 0 Å². The Hall–Kier alpha value is -4.09. The third-order valence-electron chi connectivity index (χ3n) is 5.01. The Morgan fingerprint density at radius 1 is 1.06 bits per heavy atom. The zero-order valence-corrected chi connectivity index (χ0v) is 17.0. The largest absolute Gasteiger partial charge is 0.466 e. The Bertz CT molecular complexity index is 1120. The second-order valence-electron chi connectivity index (χ2n) is 6.62. The minimum atomic E-state index is -0.940. The Labute approximate surface area is 179 Å². The predicted molar refractivity (Wildman–Crippen MR) is 112 cm³/mol. The number of para-hydroxylation sites is 1. The van der Waals surface area contributed by atoms with Crippen LogP contribution in [0.3, 0.4) is 0 Å². The number of hydrogen-bond donors (Lipinski definition) is 2. The van der Waals surface area contributed by atoms with Crippen molar-refractivity contribution < 1.29 is 24.2 Å². The molecule has 31 heavy (non-hydrogen) atoms. The molecule has 8 heteroatoms. The van der Waals surface area contributed by atoms with Crippen LogP contribution in [0.1, 0.15) is 17.0 Å². The van der Waals surface area contributed by atoms with E-state index >= 15 is 0 Å². The summed E-state index contributed by atoms with van der Waals surface area (Å²) in [4.78, 5) is 27.2. The van der Waals surface area contributed by atoms with Gasteiger partial charge in [-0.2, -0.15) is 5.26 Å². The molecule has 0 spiro atoms. The highest BCUT2D eigenvalue weighted by Gasteiger charge is 2.43. The summed E-state index contributed by atoms with van der Waals surface area (Å²) in [7, 11) is 2.36. The van der Waals surface area contributed by atoms with E-state index in [0.29, 0.717) is 16.8 Å². The van der Waals surface area contributed by atoms with Crippen molar-refractivity contribution >= 4 is 17.6 Å². The zero-order chi connectivity index (χ0) is 22.5. The number of nitriles is 1. The Morgan fingerprint density at radius 3 is 2.26 bits per heavy atom. The van der Waals surface area contributed by atoms with Gasteiger partial charge >= 0.3 is 11.9 Å². The highest BCUT2D eigenvalue weighted by molar-refractivity contribution is 6.06. The standard InChI is InChI=1S/C23H21N3O5/c1-30-22(28)19-18(14-8-4-3-5-9-14)16(12-24)21(25)26(20(19)23(29)31-2)17-11-7-6-10-15(17)13-27/h3-11,18,27H,13,25H2,1-2H3. The molecule has 1 unspecified atom stereocenters. The van der Waals surface area contributed by atoms with Crippen LogP contribution in [0.5, 0.6) is 0 Å². The van der Waals surface area contributed by atoms with Gasteiger partial charge in [-0.1, -0.05) is 48.5 Å². The Morgan fingerprint density at radius 2 is 1.68 bits per heavy atom. The molecule has 158 valence electrons. The minimum Gasteiger partial charge on any atom is -0.466 e. The summed E-state index contributed by atoms with van der Waals surface area (Å²) in [6.07, 6.45) is 0. The van der Waals surface area contributed by atoms with Crippen molar-refractivity contribution in [3.05, 3.63) is 88.4 Å². The molecule has 2 aromatic carbocycles. The number of anilines is 1. The summed E-state index contributed by atoms with van der Waals surface area (Å²) in [5, 5.41) is 19.8. The van der Waals surface area contributed by atoms with Gasteiger partial charge < -0.3 is 20.3 Å². The van der Waals surface area contributed by atoms with Gasteiger partial charge in [0.25, 0.3) is 0 Å². The first kappa shape index (κ1) is 21.6. The number of allylic oxidation sites excluding steroid dienone is 1. The molecule has 2 aromatic rings. The molecule has 0 bridgehead atoms. The van der Waals surface area contributed by atoms with Crippen molar-refractivity contribution in [3.8, 4) is 6.07 Å². The van der Waals surface area contributed by atoms with E-state index < -0.39 is 17.9 Å². The number of esters is 2. The fourth-order valence-corrected chi connectivity index (χ4v) is 3.63. The topological polar surface area (TPSA) is 126 Å². The molecule has 3 rings (SSSR count). The number of aliphatic hydroxyl groups is 1. The highest BCUT2D eigenvalue weighted by atomic mass is 16.5. The summed E-state index contributed by atoms with van der Waals surface area (Å²) in [6, 6.07) is 17.5. The third kappa shape index (κ3) is 3.74. The first-order chi connectivity index (χ1) is 15.0. The molecule has 0 amide bonds. The van der Waals surface area contributed by atoms with Gasteiger partial charge in [-0.15, -0.1) is 0 Å². The monoisotopic (exact) mass is 419 g/mol. The van der Waals surface area contributed by atoms with Crippen molar-refractivity contribution in [1.82, 2.24) is 0 Å². The molecule has 8 nitrogen and oxygen atoms in total. The number of aliphatic hydroxyl groups excluding tert-OH is 1. The van der Waals surface area contributed by atoms with Crippen LogP contribution < -0.4 is 10.6 Å². The second kappa shape index (κ2) is 9.15. The molecular formula is C23H21N3O5. The number of hydrogen-bond acceptors (Lipinski definition) is 8. The van der Waals surface area contributed by atoms with Gasteiger partial charge in [0, 0.05) is 5.56 Å². The van der Waals surface area contributed by atoms with Crippen LogP contribution in [0.25, 0.3) is 0 Å². The maximum atomic E-state index is 12.9. The second-order valence-corrected chi connectivity index (χ2v) is 6.62. The average Bonchev–Trinajstić information content (AvgIpc) is 2.82. The number of methoxy groups -OCH3 is 2. The summed E-state index contributed by atoms with van der Waals surface area (Å²) in [5.74, 6) is -2.63. The third-order valence-corrected chi connectivity index (χ3v) is 5.01. The highest BCUT2D eigenvalue weighted by Crippen LogP contribution is 2.43. The lowest BCUT2D eigenvalue weighted by Gasteiger charge is -2.36. The van der Waals surface area contributed by atoms with E-state index in [2.05, 4.69) is 6.07 Å². The first-order valence-electron chi connectivity index (χ1n) is 9.34. The first-order valence-corrected chi connectivity index (χ1v) is 9.34. The minimum absolute atomic E-state index is 0.0506. The van der Waals surface area contributed by atoms with Gasteiger partial charge in [-0.3, -0.25) is 4.90 Å². The average molecular weight is 419 g/mol. The molecule has 3 N–H and O–H groups in total. The molecule has 0 saturated carbocycles. The van der Waals surface area contributed by atoms with Crippen LogP contribution in [-0.4, -0.2) is 31.3 Å². The molecule has 1 heterocycles. The van der Waals surface area contributed by atoms with E-state index in [4.69, 9.17) is 15.2 Å². The summed E-state index contributed by atoms with van der Waals surface area (Å²) in [6.45, 7) is -0.355. The molecule has 0 aliphatic carbocycles. The van der Waals surface area contributed by atoms with E-state index in [9.17, 15) is 20.0 Å². The number of carbonyl (C=O) groups is 2.